The summed E-state index contributed by atoms with van der Waals surface area (Å²) in [5.41, 5.74) is 0.479. The summed E-state index contributed by atoms with van der Waals surface area (Å²) in [7, 11) is 0. The molecule has 31 heavy (non-hydrogen) atoms. The molecule has 5 rings (SSSR count). The number of hydrogen-bond donors (Lipinski definition) is 0. The van der Waals surface area contributed by atoms with E-state index in [1.807, 2.05) is 13.8 Å². The quantitative estimate of drug-likeness (QED) is 0.478. The van der Waals surface area contributed by atoms with Gasteiger partial charge in [0, 0.05) is 12.3 Å². The molecule has 0 spiro atoms. The van der Waals surface area contributed by atoms with Crippen molar-refractivity contribution in [2.75, 3.05) is 0 Å². The highest BCUT2D eigenvalue weighted by Crippen LogP contribution is 2.68. The Morgan fingerprint density at radius 3 is 2.48 bits per heavy atom. The maximum absolute atomic E-state index is 13.6. The SMILES string of the molecule is CC/C=C/[C@@H](C)[C@H]1CCC2C3CC(=O)[C@H]4C[C@@H]5OC(C)(C)O[C@@H]5C[C@]4(C)C3CC[C@@]21C. The van der Waals surface area contributed by atoms with Gasteiger partial charge in [0.15, 0.2) is 5.79 Å². The first-order chi connectivity index (χ1) is 14.6. The molecule has 1 aliphatic heterocycles. The Morgan fingerprint density at radius 1 is 1.03 bits per heavy atom. The van der Waals surface area contributed by atoms with Crippen molar-refractivity contribution >= 4 is 5.78 Å². The molecule has 0 aromatic heterocycles. The number of rotatable bonds is 3. The van der Waals surface area contributed by atoms with E-state index < -0.39 is 5.79 Å². The molecule has 3 heteroatoms. The van der Waals surface area contributed by atoms with Crippen LogP contribution in [0.15, 0.2) is 12.2 Å². The zero-order valence-electron chi connectivity index (χ0n) is 20.7. The highest BCUT2D eigenvalue weighted by atomic mass is 16.7. The highest BCUT2D eigenvalue weighted by molar-refractivity contribution is 5.83. The molecule has 1 heterocycles. The number of fused-ring (bicyclic) bond motifs is 6. The maximum atomic E-state index is 13.6. The van der Waals surface area contributed by atoms with Gasteiger partial charge in [-0.15, -0.1) is 0 Å². The standard InChI is InChI=1S/C28H44O3/c1-7-8-9-17(2)19-10-11-20-18-14-23(29)22-15-24-25(31-26(3,4)30-24)16-28(22,6)21(18)12-13-27(19,20)5/h8-9,17-22,24-25H,7,10-16H2,1-6H3/b9-8+/t17-,18?,19-,20?,21?,22-,24+,25-,27-,28-/m1/s1. The molecule has 3 nitrogen and oxygen atoms in total. The second kappa shape index (κ2) is 7.42. The Morgan fingerprint density at radius 2 is 1.74 bits per heavy atom. The van der Waals surface area contributed by atoms with E-state index in [2.05, 4.69) is 39.8 Å². The molecule has 0 amide bonds. The van der Waals surface area contributed by atoms with E-state index in [1.165, 1.54) is 25.7 Å². The largest absolute Gasteiger partial charge is 0.345 e. The van der Waals surface area contributed by atoms with Crippen LogP contribution in [0.1, 0.15) is 92.9 Å². The van der Waals surface area contributed by atoms with Crippen LogP contribution >= 0.6 is 0 Å². The second-order valence-electron chi connectivity index (χ2n) is 12.7. The number of Topliss-reactive ketones (excluding diaryl/α,β-unsaturated/α-hetero) is 1. The fraction of sp³-hybridized carbons (Fsp3) is 0.893. The number of ether oxygens (including phenoxy) is 2. The topological polar surface area (TPSA) is 35.5 Å². The number of carbonyl (C=O) groups is 1. The van der Waals surface area contributed by atoms with E-state index in [1.54, 1.807) is 0 Å². The van der Waals surface area contributed by atoms with Crippen LogP contribution < -0.4 is 0 Å². The van der Waals surface area contributed by atoms with Crippen LogP contribution in [0.3, 0.4) is 0 Å². The summed E-state index contributed by atoms with van der Waals surface area (Å²) < 4.78 is 12.5. The molecule has 4 aliphatic carbocycles. The predicted octanol–water partition coefficient (Wildman–Crippen LogP) is 6.56. The van der Waals surface area contributed by atoms with Gasteiger partial charge in [-0.2, -0.15) is 0 Å². The van der Waals surface area contributed by atoms with Gasteiger partial charge in [0.05, 0.1) is 12.2 Å². The van der Waals surface area contributed by atoms with Gasteiger partial charge in [0.2, 0.25) is 0 Å². The molecule has 0 aromatic rings. The van der Waals surface area contributed by atoms with Crippen molar-refractivity contribution in [3.63, 3.8) is 0 Å². The van der Waals surface area contributed by atoms with Crippen LogP contribution in [0, 0.1) is 46.3 Å². The molecular formula is C28H44O3. The second-order valence-corrected chi connectivity index (χ2v) is 12.7. The lowest BCUT2D eigenvalue weighted by atomic mass is 9.44. The summed E-state index contributed by atoms with van der Waals surface area (Å²) in [4.78, 5) is 13.6. The first-order valence-electron chi connectivity index (χ1n) is 13.1. The van der Waals surface area contributed by atoms with Crippen molar-refractivity contribution in [1.29, 1.82) is 0 Å². The normalized spacial score (nSPS) is 51.8. The fourth-order valence-electron chi connectivity index (χ4n) is 9.42. The van der Waals surface area contributed by atoms with Crippen molar-refractivity contribution in [3.05, 3.63) is 12.2 Å². The van der Waals surface area contributed by atoms with E-state index in [9.17, 15) is 4.79 Å². The van der Waals surface area contributed by atoms with Gasteiger partial charge in [-0.3, -0.25) is 4.79 Å². The Bertz CT molecular complexity index is 755. The molecule has 0 radical (unpaired) electrons. The van der Waals surface area contributed by atoms with Gasteiger partial charge < -0.3 is 9.47 Å². The Kier molecular flexibility index (Phi) is 5.30. The van der Waals surface area contributed by atoms with Gasteiger partial charge >= 0.3 is 0 Å². The monoisotopic (exact) mass is 428 g/mol. The third-order valence-electron chi connectivity index (χ3n) is 10.7. The molecule has 1 saturated heterocycles. The fourth-order valence-corrected chi connectivity index (χ4v) is 9.42. The summed E-state index contributed by atoms with van der Waals surface area (Å²) in [6.45, 7) is 13.7. The maximum Gasteiger partial charge on any atom is 0.163 e. The van der Waals surface area contributed by atoms with Crippen LogP contribution in [0.25, 0.3) is 0 Å². The van der Waals surface area contributed by atoms with Gasteiger partial charge in [-0.25, -0.2) is 0 Å². The Hall–Kier alpha value is -0.670. The van der Waals surface area contributed by atoms with Crippen molar-refractivity contribution in [3.8, 4) is 0 Å². The van der Waals surface area contributed by atoms with Gasteiger partial charge in [0.25, 0.3) is 0 Å². The van der Waals surface area contributed by atoms with Crippen LogP contribution in [-0.4, -0.2) is 23.8 Å². The van der Waals surface area contributed by atoms with Crippen molar-refractivity contribution in [1.82, 2.24) is 0 Å². The Balaban J connectivity index is 1.41. The van der Waals surface area contributed by atoms with Crippen molar-refractivity contribution in [2.45, 2.75) is 111 Å². The lowest BCUT2D eigenvalue weighted by Crippen LogP contribution is -2.59. The molecule has 5 aliphatic rings. The number of ketones is 1. The summed E-state index contributed by atoms with van der Waals surface area (Å²) in [5, 5.41) is 0. The first-order valence-corrected chi connectivity index (χ1v) is 13.1. The summed E-state index contributed by atoms with van der Waals surface area (Å²) >= 11 is 0. The van der Waals surface area contributed by atoms with Gasteiger partial charge in [0.1, 0.15) is 5.78 Å². The molecule has 5 fully saturated rings. The zero-order valence-corrected chi connectivity index (χ0v) is 20.7. The molecule has 174 valence electrons. The molecule has 4 saturated carbocycles. The predicted molar refractivity (Wildman–Crippen MR) is 123 cm³/mol. The lowest BCUT2D eigenvalue weighted by molar-refractivity contribution is -0.163. The van der Waals surface area contributed by atoms with Crippen molar-refractivity contribution < 1.29 is 14.3 Å². The molecular weight excluding hydrogens is 384 g/mol. The van der Waals surface area contributed by atoms with Crippen LogP contribution in [0.5, 0.6) is 0 Å². The smallest absolute Gasteiger partial charge is 0.163 e. The van der Waals surface area contributed by atoms with Gasteiger partial charge in [-0.05, 0) is 99.2 Å². The minimum atomic E-state index is -0.506. The van der Waals surface area contributed by atoms with E-state index in [4.69, 9.17) is 9.47 Å². The van der Waals surface area contributed by atoms with Crippen molar-refractivity contribution in [2.24, 2.45) is 46.3 Å². The molecule has 10 atom stereocenters. The molecule has 0 bridgehead atoms. The summed E-state index contributed by atoms with van der Waals surface area (Å²) in [6, 6.07) is 0. The third-order valence-corrected chi connectivity index (χ3v) is 10.7. The first kappa shape index (κ1) is 22.1. The average molecular weight is 429 g/mol. The molecule has 0 aromatic carbocycles. The summed E-state index contributed by atoms with van der Waals surface area (Å²) in [5.74, 6) is 3.57. The van der Waals surface area contributed by atoms with E-state index in [-0.39, 0.29) is 23.5 Å². The molecule has 3 unspecified atom stereocenters. The van der Waals surface area contributed by atoms with Crippen LogP contribution in [0.4, 0.5) is 0 Å². The zero-order chi connectivity index (χ0) is 22.2. The minimum absolute atomic E-state index is 0.0814. The summed E-state index contributed by atoms with van der Waals surface area (Å²) in [6.07, 6.45) is 14.2. The van der Waals surface area contributed by atoms with E-state index in [0.717, 1.165) is 31.6 Å². The van der Waals surface area contributed by atoms with E-state index in [0.29, 0.717) is 34.9 Å². The minimum Gasteiger partial charge on any atom is -0.345 e. The Labute approximate surface area is 189 Å². The lowest BCUT2D eigenvalue weighted by Gasteiger charge is -2.60. The number of hydrogen-bond acceptors (Lipinski definition) is 3. The number of allylic oxidation sites excluding steroid dienone is 2. The van der Waals surface area contributed by atoms with Crippen LogP contribution in [-0.2, 0) is 14.3 Å². The third kappa shape index (κ3) is 3.31. The number of carbonyl (C=O) groups excluding carboxylic acids is 1. The average Bonchev–Trinajstić information content (AvgIpc) is 3.19. The molecule has 0 N–H and O–H groups in total. The van der Waals surface area contributed by atoms with Gasteiger partial charge in [-0.1, -0.05) is 39.8 Å². The van der Waals surface area contributed by atoms with Crippen LogP contribution in [0.2, 0.25) is 0 Å². The van der Waals surface area contributed by atoms with E-state index >= 15 is 0 Å². The highest BCUT2D eigenvalue weighted by Gasteiger charge is 2.64.